The van der Waals surface area contributed by atoms with Crippen LogP contribution in [0.4, 0.5) is 0 Å². The first-order valence-electron chi connectivity index (χ1n) is 8.78. The van der Waals surface area contributed by atoms with Crippen LogP contribution in [0.2, 0.25) is 0 Å². The van der Waals surface area contributed by atoms with Gasteiger partial charge in [-0.3, -0.25) is 4.99 Å². The molecule has 2 aliphatic rings. The monoisotopic (exact) mass is 320 g/mol. The molecule has 3 rings (SSSR count). The van der Waals surface area contributed by atoms with E-state index in [1.165, 1.54) is 19.3 Å². The number of aromatic nitrogens is 3. The zero-order valence-corrected chi connectivity index (χ0v) is 13.9. The molecule has 0 spiro atoms. The summed E-state index contributed by atoms with van der Waals surface area (Å²) in [5, 5.41) is 21.3. The van der Waals surface area contributed by atoms with E-state index in [4.69, 9.17) is 0 Å². The molecule has 128 valence electrons. The third-order valence-corrected chi connectivity index (χ3v) is 5.04. The number of aliphatic hydroxyl groups is 1. The number of guanidine groups is 1. The van der Waals surface area contributed by atoms with Gasteiger partial charge in [0.05, 0.1) is 12.6 Å². The van der Waals surface area contributed by atoms with Crippen molar-refractivity contribution in [2.45, 2.75) is 63.6 Å². The highest BCUT2D eigenvalue weighted by Gasteiger charge is 2.23. The van der Waals surface area contributed by atoms with Crippen molar-refractivity contribution in [1.29, 1.82) is 0 Å². The lowest BCUT2D eigenvalue weighted by molar-refractivity contribution is 0.0879. The molecule has 3 N–H and O–H groups in total. The summed E-state index contributed by atoms with van der Waals surface area (Å²) in [6.07, 6.45) is 9.37. The van der Waals surface area contributed by atoms with Crippen molar-refractivity contribution in [3.63, 3.8) is 0 Å². The summed E-state index contributed by atoms with van der Waals surface area (Å²) in [7, 11) is 1.77. The van der Waals surface area contributed by atoms with Crippen molar-refractivity contribution in [3.05, 3.63) is 12.2 Å². The highest BCUT2D eigenvalue weighted by Crippen LogP contribution is 2.26. The Bertz CT molecular complexity index is 522. The lowest BCUT2D eigenvalue weighted by atomic mass is 9.85. The largest absolute Gasteiger partial charge is 0.391 e. The first kappa shape index (κ1) is 16.2. The Labute approximate surface area is 137 Å². The molecule has 1 aliphatic carbocycles. The molecule has 1 fully saturated rings. The minimum Gasteiger partial charge on any atom is -0.391 e. The van der Waals surface area contributed by atoms with E-state index in [0.717, 1.165) is 44.0 Å². The standard InChI is InChI=1S/C16H28N6O/c1-17-16(18-9-14(23)12-5-3-2-4-6-12)21-13-7-8-15-19-11-20-22(15)10-13/h11-14,23H,2-10H2,1H3,(H2,17,18,21). The van der Waals surface area contributed by atoms with E-state index in [2.05, 4.69) is 25.7 Å². The molecule has 1 aromatic heterocycles. The van der Waals surface area contributed by atoms with Crippen LogP contribution in [0.3, 0.4) is 0 Å². The number of hydrogen-bond donors (Lipinski definition) is 3. The predicted molar refractivity (Wildman–Crippen MR) is 89.2 cm³/mol. The molecule has 2 atom stereocenters. The maximum Gasteiger partial charge on any atom is 0.191 e. The van der Waals surface area contributed by atoms with Gasteiger partial charge in [-0.15, -0.1) is 0 Å². The van der Waals surface area contributed by atoms with Crippen molar-refractivity contribution in [2.75, 3.05) is 13.6 Å². The molecule has 0 saturated heterocycles. The number of nitrogens with one attached hydrogen (secondary N) is 2. The molecule has 2 heterocycles. The van der Waals surface area contributed by atoms with Crippen molar-refractivity contribution in [1.82, 2.24) is 25.4 Å². The minimum absolute atomic E-state index is 0.290. The van der Waals surface area contributed by atoms with Gasteiger partial charge in [0.1, 0.15) is 12.2 Å². The fourth-order valence-corrected chi connectivity index (χ4v) is 3.63. The summed E-state index contributed by atoms with van der Waals surface area (Å²) in [6, 6.07) is 0.294. The van der Waals surface area contributed by atoms with Gasteiger partial charge in [0, 0.05) is 26.1 Å². The third-order valence-electron chi connectivity index (χ3n) is 5.04. The Morgan fingerprint density at radius 1 is 1.39 bits per heavy atom. The summed E-state index contributed by atoms with van der Waals surface area (Å²) in [6.45, 7) is 1.37. The lowest BCUT2D eigenvalue weighted by Gasteiger charge is -2.28. The maximum atomic E-state index is 10.4. The van der Waals surface area contributed by atoms with Gasteiger partial charge in [0.25, 0.3) is 0 Å². The van der Waals surface area contributed by atoms with Crippen LogP contribution in [0.25, 0.3) is 0 Å². The van der Waals surface area contributed by atoms with Crippen molar-refractivity contribution >= 4 is 5.96 Å². The average molecular weight is 320 g/mol. The molecule has 1 aromatic rings. The number of nitrogens with zero attached hydrogens (tertiary/aromatic N) is 4. The van der Waals surface area contributed by atoms with Gasteiger partial charge >= 0.3 is 0 Å². The molecule has 0 amide bonds. The SMILES string of the molecule is CN=C(NCC(O)C1CCCCC1)NC1CCc2ncnn2C1. The van der Waals surface area contributed by atoms with Gasteiger partial charge in [-0.2, -0.15) is 5.10 Å². The van der Waals surface area contributed by atoms with Crippen molar-refractivity contribution in [3.8, 4) is 0 Å². The van der Waals surface area contributed by atoms with E-state index in [-0.39, 0.29) is 6.10 Å². The highest BCUT2D eigenvalue weighted by molar-refractivity contribution is 5.80. The zero-order chi connectivity index (χ0) is 16.1. The zero-order valence-electron chi connectivity index (χ0n) is 13.9. The fraction of sp³-hybridized carbons (Fsp3) is 0.812. The van der Waals surface area contributed by atoms with Gasteiger partial charge < -0.3 is 15.7 Å². The average Bonchev–Trinajstić information content (AvgIpc) is 3.06. The van der Waals surface area contributed by atoms with Gasteiger partial charge in [0.15, 0.2) is 5.96 Å². The molecule has 0 bridgehead atoms. The number of hydrogen-bond acceptors (Lipinski definition) is 4. The van der Waals surface area contributed by atoms with Crippen molar-refractivity contribution in [2.24, 2.45) is 10.9 Å². The van der Waals surface area contributed by atoms with Crippen molar-refractivity contribution < 1.29 is 5.11 Å². The summed E-state index contributed by atoms with van der Waals surface area (Å²) < 4.78 is 1.95. The Kier molecular flexibility index (Phi) is 5.48. The lowest BCUT2D eigenvalue weighted by Crippen LogP contribution is -2.49. The highest BCUT2D eigenvalue weighted by atomic mass is 16.3. The molecule has 0 aromatic carbocycles. The first-order valence-corrected chi connectivity index (χ1v) is 8.78. The summed E-state index contributed by atoms with van der Waals surface area (Å²) >= 11 is 0. The number of aliphatic hydroxyl groups excluding tert-OH is 1. The van der Waals surface area contributed by atoms with Gasteiger partial charge in [-0.05, 0) is 25.2 Å². The number of fused-ring (bicyclic) bond motifs is 1. The van der Waals surface area contributed by atoms with Crippen LogP contribution in [-0.4, -0.2) is 51.6 Å². The van der Waals surface area contributed by atoms with Crippen LogP contribution in [-0.2, 0) is 13.0 Å². The molecule has 2 unspecified atom stereocenters. The van der Waals surface area contributed by atoms with E-state index >= 15 is 0 Å². The molecule has 0 radical (unpaired) electrons. The smallest absolute Gasteiger partial charge is 0.191 e. The van der Waals surface area contributed by atoms with Gasteiger partial charge in [0.2, 0.25) is 0 Å². The topological polar surface area (TPSA) is 87.4 Å². The molecule has 1 aliphatic heterocycles. The number of aliphatic imine (C=N–C) groups is 1. The molecular formula is C16H28N6O. The molecule has 1 saturated carbocycles. The Hall–Kier alpha value is -1.63. The van der Waals surface area contributed by atoms with Crippen LogP contribution in [0.15, 0.2) is 11.3 Å². The Balaban J connectivity index is 1.45. The van der Waals surface area contributed by atoms with Gasteiger partial charge in [-0.1, -0.05) is 19.3 Å². The van der Waals surface area contributed by atoms with Gasteiger partial charge in [-0.25, -0.2) is 9.67 Å². The summed E-state index contributed by atoms with van der Waals surface area (Å²) in [5.74, 6) is 2.24. The molecule has 7 nitrogen and oxygen atoms in total. The van der Waals surface area contributed by atoms with Crippen LogP contribution in [0.5, 0.6) is 0 Å². The van der Waals surface area contributed by atoms with Crippen LogP contribution < -0.4 is 10.6 Å². The second-order valence-corrected chi connectivity index (χ2v) is 6.66. The normalized spacial score (nSPS) is 24.1. The van der Waals surface area contributed by atoms with E-state index in [1.807, 2.05) is 4.68 Å². The maximum absolute atomic E-state index is 10.4. The molecule has 7 heteroatoms. The molecule has 23 heavy (non-hydrogen) atoms. The number of rotatable bonds is 4. The van der Waals surface area contributed by atoms with E-state index in [9.17, 15) is 5.11 Å². The Morgan fingerprint density at radius 3 is 3.00 bits per heavy atom. The quantitative estimate of drug-likeness (QED) is 0.561. The molecular weight excluding hydrogens is 292 g/mol. The third kappa shape index (κ3) is 4.22. The summed E-state index contributed by atoms with van der Waals surface area (Å²) in [5.41, 5.74) is 0. The van der Waals surface area contributed by atoms with E-state index in [0.29, 0.717) is 18.5 Å². The Morgan fingerprint density at radius 2 is 2.22 bits per heavy atom. The van der Waals surface area contributed by atoms with E-state index in [1.54, 1.807) is 13.4 Å². The van der Waals surface area contributed by atoms with Crippen LogP contribution in [0.1, 0.15) is 44.3 Å². The van der Waals surface area contributed by atoms with Crippen LogP contribution >= 0.6 is 0 Å². The minimum atomic E-state index is -0.290. The predicted octanol–water partition coefficient (Wildman–Crippen LogP) is 0.699. The van der Waals surface area contributed by atoms with Crippen LogP contribution in [0, 0.1) is 5.92 Å². The fourth-order valence-electron chi connectivity index (χ4n) is 3.63. The second kappa shape index (κ2) is 7.77. The summed E-state index contributed by atoms with van der Waals surface area (Å²) in [4.78, 5) is 8.53. The second-order valence-electron chi connectivity index (χ2n) is 6.66. The van der Waals surface area contributed by atoms with E-state index < -0.39 is 0 Å². The first-order chi connectivity index (χ1) is 11.3. The number of aryl methyl sites for hydroxylation is 1.